The van der Waals surface area contributed by atoms with Crippen molar-refractivity contribution in [3.8, 4) is 0 Å². The second-order valence-corrected chi connectivity index (χ2v) is 4.93. The fourth-order valence-corrected chi connectivity index (χ4v) is 2.41. The molecule has 2 heterocycles. The highest BCUT2D eigenvalue weighted by atomic mass is 32.1. The van der Waals surface area contributed by atoms with Crippen molar-refractivity contribution in [3.63, 3.8) is 0 Å². The van der Waals surface area contributed by atoms with E-state index in [0.29, 0.717) is 12.2 Å². The number of hydrogen-bond acceptors (Lipinski definition) is 5. The van der Waals surface area contributed by atoms with Crippen LogP contribution in [0.25, 0.3) is 0 Å². The summed E-state index contributed by atoms with van der Waals surface area (Å²) in [5, 5.41) is 13.1. The van der Waals surface area contributed by atoms with E-state index < -0.39 is 6.10 Å². The van der Waals surface area contributed by atoms with Crippen LogP contribution in [0.5, 0.6) is 0 Å². The number of aliphatic hydroxyl groups excluding tert-OH is 1. The Morgan fingerprint density at radius 1 is 1.53 bits per heavy atom. The molecule has 0 spiro atoms. The minimum atomic E-state index is -0.672. The molecule has 2 atom stereocenters. The van der Waals surface area contributed by atoms with Crippen LogP contribution in [-0.2, 0) is 0 Å². The number of nitrogens with zero attached hydrogens (tertiary/aromatic N) is 2. The van der Waals surface area contributed by atoms with Gasteiger partial charge in [-0.2, -0.15) is 0 Å². The average Bonchev–Trinajstić information content (AvgIpc) is 2.78. The number of thiazole rings is 1. The molecule has 0 aliphatic carbocycles. The average molecular weight is 249 g/mol. The van der Waals surface area contributed by atoms with Crippen molar-refractivity contribution in [1.82, 2.24) is 9.97 Å². The molecule has 0 saturated heterocycles. The third kappa shape index (κ3) is 2.69. The first-order valence-corrected chi connectivity index (χ1v) is 6.30. The first-order chi connectivity index (χ1) is 8.22. The van der Waals surface area contributed by atoms with Crippen LogP contribution in [0.3, 0.4) is 0 Å². The maximum Gasteiger partial charge on any atom is 0.105 e. The van der Waals surface area contributed by atoms with E-state index in [9.17, 15) is 5.11 Å². The zero-order valence-corrected chi connectivity index (χ0v) is 10.4. The van der Waals surface area contributed by atoms with E-state index in [0.717, 1.165) is 10.6 Å². The lowest BCUT2D eigenvalue weighted by Gasteiger charge is -2.19. The summed E-state index contributed by atoms with van der Waals surface area (Å²) in [4.78, 5) is 8.35. The van der Waals surface area contributed by atoms with Gasteiger partial charge in [-0.3, -0.25) is 4.98 Å². The molecular formula is C12H15N3OS. The molecule has 2 rings (SSSR count). The Morgan fingerprint density at radius 3 is 2.88 bits per heavy atom. The Morgan fingerprint density at radius 2 is 2.35 bits per heavy atom. The van der Waals surface area contributed by atoms with Crippen molar-refractivity contribution in [1.29, 1.82) is 0 Å². The number of hydrogen-bond donors (Lipinski definition) is 2. The van der Waals surface area contributed by atoms with Gasteiger partial charge in [0.1, 0.15) is 6.10 Å². The molecule has 2 aromatic rings. The summed E-state index contributed by atoms with van der Waals surface area (Å²) in [6, 6.07) is 3.77. The van der Waals surface area contributed by atoms with E-state index in [-0.39, 0.29) is 5.92 Å². The largest absolute Gasteiger partial charge is 0.386 e. The van der Waals surface area contributed by atoms with Crippen LogP contribution in [0.1, 0.15) is 28.3 Å². The highest BCUT2D eigenvalue weighted by Gasteiger charge is 2.23. The zero-order chi connectivity index (χ0) is 12.3. The minimum Gasteiger partial charge on any atom is -0.386 e. The number of aromatic nitrogens is 2. The van der Waals surface area contributed by atoms with Crippen LogP contribution >= 0.6 is 11.3 Å². The third-order valence-electron chi connectivity index (χ3n) is 2.69. The predicted molar refractivity (Wildman–Crippen MR) is 67.8 cm³/mol. The number of aryl methyl sites for hydroxylation is 1. The lowest BCUT2D eigenvalue weighted by atomic mass is 9.93. The fraction of sp³-hybridized carbons (Fsp3) is 0.333. The molecule has 90 valence electrons. The molecule has 2 unspecified atom stereocenters. The summed E-state index contributed by atoms with van der Waals surface area (Å²) in [5.74, 6) is -0.162. The first kappa shape index (κ1) is 12.2. The lowest BCUT2D eigenvalue weighted by Crippen LogP contribution is -2.20. The zero-order valence-electron chi connectivity index (χ0n) is 9.58. The standard InChI is InChI=1S/C12H15N3OS/c1-8-15-11(7-17-8)12(16)10(5-13)9-3-2-4-14-6-9/h2-4,6-7,10,12,16H,5,13H2,1H3. The van der Waals surface area contributed by atoms with Crippen molar-refractivity contribution in [2.24, 2.45) is 5.73 Å². The van der Waals surface area contributed by atoms with Gasteiger partial charge in [-0.25, -0.2) is 4.98 Å². The molecule has 0 fully saturated rings. The maximum absolute atomic E-state index is 10.3. The fourth-order valence-electron chi connectivity index (χ4n) is 1.76. The van der Waals surface area contributed by atoms with Gasteiger partial charge in [0, 0.05) is 30.2 Å². The monoisotopic (exact) mass is 249 g/mol. The van der Waals surface area contributed by atoms with Crippen LogP contribution in [-0.4, -0.2) is 21.6 Å². The van der Waals surface area contributed by atoms with Crippen LogP contribution in [0, 0.1) is 6.92 Å². The van der Waals surface area contributed by atoms with Gasteiger partial charge in [-0.15, -0.1) is 11.3 Å². The Bertz CT molecular complexity index is 472. The van der Waals surface area contributed by atoms with Gasteiger partial charge in [0.2, 0.25) is 0 Å². The van der Waals surface area contributed by atoms with E-state index in [2.05, 4.69) is 9.97 Å². The van der Waals surface area contributed by atoms with E-state index >= 15 is 0 Å². The molecule has 0 aromatic carbocycles. The highest BCUT2D eigenvalue weighted by Crippen LogP contribution is 2.30. The molecule has 2 aromatic heterocycles. The minimum absolute atomic E-state index is 0.162. The third-order valence-corrected chi connectivity index (χ3v) is 3.48. The Kier molecular flexibility index (Phi) is 3.83. The van der Waals surface area contributed by atoms with E-state index in [1.165, 1.54) is 11.3 Å². The molecule has 0 aliphatic rings. The molecule has 0 aliphatic heterocycles. The van der Waals surface area contributed by atoms with Crippen LogP contribution in [0.15, 0.2) is 29.9 Å². The van der Waals surface area contributed by atoms with Crippen LogP contribution < -0.4 is 5.73 Å². The van der Waals surface area contributed by atoms with Crippen molar-refractivity contribution in [3.05, 3.63) is 46.2 Å². The van der Waals surface area contributed by atoms with Crippen molar-refractivity contribution < 1.29 is 5.11 Å². The van der Waals surface area contributed by atoms with Gasteiger partial charge < -0.3 is 10.8 Å². The number of pyridine rings is 1. The maximum atomic E-state index is 10.3. The summed E-state index contributed by atoms with van der Waals surface area (Å²) in [7, 11) is 0. The summed E-state index contributed by atoms with van der Waals surface area (Å²) in [6.07, 6.45) is 2.77. The predicted octanol–water partition coefficient (Wildman–Crippen LogP) is 1.62. The number of rotatable bonds is 4. The summed E-state index contributed by atoms with van der Waals surface area (Å²) in [6.45, 7) is 2.28. The second-order valence-electron chi connectivity index (χ2n) is 3.86. The number of aliphatic hydroxyl groups is 1. The first-order valence-electron chi connectivity index (χ1n) is 5.42. The van der Waals surface area contributed by atoms with Crippen LogP contribution in [0.4, 0.5) is 0 Å². The van der Waals surface area contributed by atoms with Crippen LogP contribution in [0.2, 0.25) is 0 Å². The van der Waals surface area contributed by atoms with Gasteiger partial charge in [0.15, 0.2) is 0 Å². The number of nitrogens with two attached hydrogens (primary N) is 1. The normalized spacial score (nSPS) is 14.5. The topological polar surface area (TPSA) is 72.0 Å². The van der Waals surface area contributed by atoms with Crippen molar-refractivity contribution in [2.45, 2.75) is 18.9 Å². The van der Waals surface area contributed by atoms with E-state index in [4.69, 9.17) is 5.73 Å². The molecule has 3 N–H and O–H groups in total. The smallest absolute Gasteiger partial charge is 0.105 e. The van der Waals surface area contributed by atoms with Gasteiger partial charge in [-0.05, 0) is 18.6 Å². The Balaban J connectivity index is 2.25. The van der Waals surface area contributed by atoms with E-state index in [1.807, 2.05) is 24.4 Å². The summed E-state index contributed by atoms with van der Waals surface area (Å²) in [5.41, 5.74) is 7.36. The molecule has 4 nitrogen and oxygen atoms in total. The Hall–Kier alpha value is -1.30. The molecule has 17 heavy (non-hydrogen) atoms. The SMILES string of the molecule is Cc1nc(C(O)C(CN)c2cccnc2)cs1. The lowest BCUT2D eigenvalue weighted by molar-refractivity contribution is 0.143. The van der Waals surface area contributed by atoms with Gasteiger partial charge in [0.25, 0.3) is 0 Å². The quantitative estimate of drug-likeness (QED) is 0.863. The van der Waals surface area contributed by atoms with Gasteiger partial charge in [-0.1, -0.05) is 6.07 Å². The molecule has 0 radical (unpaired) electrons. The van der Waals surface area contributed by atoms with Crippen molar-refractivity contribution >= 4 is 11.3 Å². The highest BCUT2D eigenvalue weighted by molar-refractivity contribution is 7.09. The molecule has 5 heteroatoms. The van der Waals surface area contributed by atoms with E-state index in [1.54, 1.807) is 12.4 Å². The van der Waals surface area contributed by atoms with Gasteiger partial charge in [0.05, 0.1) is 10.7 Å². The molecule has 0 saturated carbocycles. The second kappa shape index (κ2) is 5.35. The summed E-state index contributed by atoms with van der Waals surface area (Å²) >= 11 is 1.53. The molecule has 0 amide bonds. The van der Waals surface area contributed by atoms with Gasteiger partial charge >= 0.3 is 0 Å². The molecule has 0 bridgehead atoms. The Labute approximate surface area is 104 Å². The summed E-state index contributed by atoms with van der Waals surface area (Å²) < 4.78 is 0. The molecular weight excluding hydrogens is 234 g/mol. The van der Waals surface area contributed by atoms with Crippen molar-refractivity contribution in [2.75, 3.05) is 6.54 Å².